The summed E-state index contributed by atoms with van der Waals surface area (Å²) in [4.78, 5) is 19.2. The van der Waals surface area contributed by atoms with Crippen LogP contribution in [0.15, 0.2) is 47.3 Å². The summed E-state index contributed by atoms with van der Waals surface area (Å²) in [5.74, 6) is 0.969. The third-order valence-corrected chi connectivity index (χ3v) is 5.60. The molecule has 1 N–H and O–H groups in total. The third kappa shape index (κ3) is 2.93. The second-order valence-electron chi connectivity index (χ2n) is 5.40. The highest BCUT2D eigenvalue weighted by molar-refractivity contribution is 7.15. The molecule has 4 aromatic rings. The fourth-order valence-electron chi connectivity index (χ4n) is 2.58. The second-order valence-corrected chi connectivity index (χ2v) is 7.18. The number of nitrogens with one attached hydrogen (secondary N) is 1. The number of hydrogen-bond donors (Lipinski definition) is 1. The minimum atomic E-state index is -0.227. The van der Waals surface area contributed by atoms with E-state index < -0.39 is 0 Å². The molecule has 132 valence electrons. The number of methoxy groups -OCH3 is 2. The Morgan fingerprint density at radius 3 is 2.81 bits per heavy atom. The minimum Gasteiger partial charge on any atom is -0.497 e. The van der Waals surface area contributed by atoms with Gasteiger partial charge in [-0.05, 0) is 23.6 Å². The molecule has 4 rings (SSSR count). The van der Waals surface area contributed by atoms with Gasteiger partial charge >= 0.3 is 0 Å². The monoisotopic (exact) mass is 385 g/mol. The number of amides is 1. The van der Waals surface area contributed by atoms with Gasteiger partial charge in [0.05, 0.1) is 24.8 Å². The topological polar surface area (TPSA) is 64.9 Å². The van der Waals surface area contributed by atoms with Crippen molar-refractivity contribution in [2.24, 2.45) is 0 Å². The molecule has 0 saturated heterocycles. The first-order valence-electron chi connectivity index (χ1n) is 7.73. The van der Waals surface area contributed by atoms with Crippen molar-refractivity contribution in [2.45, 2.75) is 0 Å². The van der Waals surface area contributed by atoms with Gasteiger partial charge in [0.1, 0.15) is 22.9 Å². The Kier molecular flexibility index (Phi) is 4.36. The number of hydrogen-bond acceptors (Lipinski definition) is 6. The van der Waals surface area contributed by atoms with Crippen molar-refractivity contribution < 1.29 is 14.3 Å². The molecule has 0 fully saturated rings. The van der Waals surface area contributed by atoms with Crippen LogP contribution < -0.4 is 14.8 Å². The lowest BCUT2D eigenvalue weighted by Crippen LogP contribution is -2.14. The molecule has 0 spiro atoms. The van der Waals surface area contributed by atoms with E-state index in [2.05, 4.69) is 10.3 Å². The van der Waals surface area contributed by atoms with Gasteiger partial charge in [0.15, 0.2) is 4.96 Å². The molecule has 0 aliphatic rings. The first-order valence-corrected chi connectivity index (χ1v) is 9.49. The summed E-state index contributed by atoms with van der Waals surface area (Å²) in [6.45, 7) is 0. The zero-order chi connectivity index (χ0) is 18.1. The number of aromatic nitrogens is 2. The van der Waals surface area contributed by atoms with Crippen molar-refractivity contribution in [3.05, 3.63) is 53.0 Å². The number of thiophene rings is 1. The average Bonchev–Trinajstić information content (AvgIpc) is 3.37. The van der Waals surface area contributed by atoms with Crippen molar-refractivity contribution in [2.75, 3.05) is 19.5 Å². The fourth-order valence-corrected chi connectivity index (χ4v) is 4.11. The predicted molar refractivity (Wildman–Crippen MR) is 104 cm³/mol. The van der Waals surface area contributed by atoms with Crippen LogP contribution in [0.5, 0.6) is 11.5 Å². The largest absolute Gasteiger partial charge is 0.497 e. The van der Waals surface area contributed by atoms with Crippen molar-refractivity contribution in [3.63, 3.8) is 0 Å². The van der Waals surface area contributed by atoms with Crippen LogP contribution in [-0.2, 0) is 0 Å². The normalized spacial score (nSPS) is 10.8. The van der Waals surface area contributed by atoms with Crippen LogP contribution in [0.3, 0.4) is 0 Å². The summed E-state index contributed by atoms with van der Waals surface area (Å²) in [5, 5.41) is 6.70. The maximum atomic E-state index is 12.8. The Bertz CT molecular complexity index is 1070. The van der Waals surface area contributed by atoms with E-state index in [0.717, 1.165) is 15.5 Å². The van der Waals surface area contributed by atoms with Gasteiger partial charge in [-0.15, -0.1) is 22.7 Å². The molecule has 0 radical (unpaired) electrons. The zero-order valence-corrected chi connectivity index (χ0v) is 15.7. The van der Waals surface area contributed by atoms with E-state index in [4.69, 9.17) is 9.47 Å². The predicted octanol–water partition coefficient (Wildman–Crippen LogP) is 4.39. The lowest BCUT2D eigenvalue weighted by Gasteiger charge is -2.11. The van der Waals surface area contributed by atoms with E-state index in [-0.39, 0.29) is 5.91 Å². The molecule has 8 heteroatoms. The highest BCUT2D eigenvalue weighted by Gasteiger charge is 2.17. The number of carbonyl (C=O) groups excluding carboxylic acids is 1. The van der Waals surface area contributed by atoms with E-state index in [9.17, 15) is 4.79 Å². The quantitative estimate of drug-likeness (QED) is 0.553. The number of ether oxygens (including phenoxy) is 2. The fraction of sp³-hybridized carbons (Fsp3) is 0.111. The Morgan fingerprint density at radius 2 is 2.08 bits per heavy atom. The SMILES string of the molecule is COc1ccc(NC(=O)c2csc3nc(-c4cccs4)cn23)c(OC)c1. The lowest BCUT2D eigenvalue weighted by molar-refractivity contribution is 0.102. The molecule has 3 aromatic heterocycles. The molecule has 0 saturated carbocycles. The zero-order valence-electron chi connectivity index (χ0n) is 14.1. The molecule has 1 amide bonds. The Labute approximate surface area is 157 Å². The Balaban J connectivity index is 1.64. The van der Waals surface area contributed by atoms with Crippen LogP contribution in [0.1, 0.15) is 10.5 Å². The van der Waals surface area contributed by atoms with Crippen molar-refractivity contribution in [1.29, 1.82) is 0 Å². The highest BCUT2D eigenvalue weighted by atomic mass is 32.1. The first-order chi connectivity index (χ1) is 12.7. The van der Waals surface area contributed by atoms with Gasteiger partial charge in [0, 0.05) is 17.6 Å². The van der Waals surface area contributed by atoms with Crippen LogP contribution in [0.2, 0.25) is 0 Å². The molecule has 0 aliphatic heterocycles. The number of nitrogens with zero attached hydrogens (tertiary/aromatic N) is 2. The number of fused-ring (bicyclic) bond motifs is 1. The maximum absolute atomic E-state index is 12.8. The van der Waals surface area contributed by atoms with E-state index in [1.54, 1.807) is 49.1 Å². The van der Waals surface area contributed by atoms with E-state index in [1.165, 1.54) is 11.3 Å². The molecule has 26 heavy (non-hydrogen) atoms. The Morgan fingerprint density at radius 1 is 1.19 bits per heavy atom. The maximum Gasteiger partial charge on any atom is 0.273 e. The summed E-state index contributed by atoms with van der Waals surface area (Å²) < 4.78 is 12.3. The van der Waals surface area contributed by atoms with E-state index in [0.29, 0.717) is 22.9 Å². The molecule has 0 unspecified atom stereocenters. The molecule has 0 aliphatic carbocycles. The van der Waals surface area contributed by atoms with Gasteiger partial charge in [-0.1, -0.05) is 6.07 Å². The van der Waals surface area contributed by atoms with Gasteiger partial charge in [0.25, 0.3) is 5.91 Å². The van der Waals surface area contributed by atoms with Gasteiger partial charge in [-0.3, -0.25) is 9.20 Å². The molecule has 0 bridgehead atoms. The van der Waals surface area contributed by atoms with Crippen molar-refractivity contribution >= 4 is 39.2 Å². The lowest BCUT2D eigenvalue weighted by atomic mass is 10.2. The summed E-state index contributed by atoms with van der Waals surface area (Å²) in [5.41, 5.74) is 1.97. The van der Waals surface area contributed by atoms with Crippen LogP contribution in [0.25, 0.3) is 15.5 Å². The molecule has 3 heterocycles. The summed E-state index contributed by atoms with van der Waals surface area (Å²) in [7, 11) is 3.13. The molecular formula is C18H15N3O3S2. The standard InChI is InChI=1S/C18H15N3O3S2/c1-23-11-5-6-12(15(8-11)24-2)19-17(22)14-10-26-18-20-13(9-21(14)18)16-4-3-7-25-16/h3-10H,1-2H3,(H,19,22). The second kappa shape index (κ2) is 6.81. The summed E-state index contributed by atoms with van der Waals surface area (Å²) in [6.07, 6.45) is 1.89. The van der Waals surface area contributed by atoms with Crippen LogP contribution in [0.4, 0.5) is 5.69 Å². The van der Waals surface area contributed by atoms with Gasteiger partial charge in [-0.2, -0.15) is 0 Å². The number of thiazole rings is 1. The van der Waals surface area contributed by atoms with E-state index in [1.807, 2.05) is 28.1 Å². The number of carbonyl (C=O) groups is 1. The molecule has 6 nitrogen and oxygen atoms in total. The van der Waals surface area contributed by atoms with E-state index >= 15 is 0 Å². The third-order valence-electron chi connectivity index (χ3n) is 3.87. The van der Waals surface area contributed by atoms with Crippen molar-refractivity contribution in [1.82, 2.24) is 9.38 Å². The van der Waals surface area contributed by atoms with Crippen LogP contribution in [0, 0.1) is 0 Å². The number of anilines is 1. The number of imidazole rings is 1. The minimum absolute atomic E-state index is 0.227. The van der Waals surface area contributed by atoms with Crippen molar-refractivity contribution in [3.8, 4) is 22.1 Å². The van der Waals surface area contributed by atoms with Crippen LogP contribution >= 0.6 is 22.7 Å². The van der Waals surface area contributed by atoms with Gasteiger partial charge in [0.2, 0.25) is 0 Å². The first kappa shape index (κ1) is 16.6. The summed E-state index contributed by atoms with van der Waals surface area (Å²) >= 11 is 3.05. The Hall–Kier alpha value is -2.84. The van der Waals surface area contributed by atoms with Crippen LogP contribution in [-0.4, -0.2) is 29.5 Å². The number of rotatable bonds is 5. The summed E-state index contributed by atoms with van der Waals surface area (Å²) in [6, 6.07) is 9.25. The number of benzene rings is 1. The van der Waals surface area contributed by atoms with Gasteiger partial charge < -0.3 is 14.8 Å². The molecule has 1 aromatic carbocycles. The average molecular weight is 385 g/mol. The molecular weight excluding hydrogens is 370 g/mol. The highest BCUT2D eigenvalue weighted by Crippen LogP contribution is 2.30. The van der Waals surface area contributed by atoms with Gasteiger partial charge in [-0.25, -0.2) is 4.98 Å². The molecule has 0 atom stereocenters. The smallest absolute Gasteiger partial charge is 0.273 e.